The van der Waals surface area contributed by atoms with Crippen molar-refractivity contribution in [3.8, 4) is 6.07 Å². The summed E-state index contributed by atoms with van der Waals surface area (Å²) in [5, 5.41) is 12.8. The molecule has 0 saturated carbocycles. The van der Waals surface area contributed by atoms with Gasteiger partial charge in [-0.1, -0.05) is 31.5 Å². The van der Waals surface area contributed by atoms with Crippen LogP contribution in [-0.4, -0.2) is 30.6 Å². The van der Waals surface area contributed by atoms with E-state index >= 15 is 0 Å². The van der Waals surface area contributed by atoms with Crippen molar-refractivity contribution in [2.75, 3.05) is 19.6 Å². The van der Waals surface area contributed by atoms with Gasteiger partial charge >= 0.3 is 0 Å². The minimum absolute atomic E-state index is 0.615. The largest absolute Gasteiger partial charge is 0.313 e. The molecule has 108 valence electrons. The first kappa shape index (κ1) is 15.0. The fraction of sp³-hybridized carbons (Fsp3) is 0.588. The highest BCUT2D eigenvalue weighted by Crippen LogP contribution is 2.14. The summed E-state index contributed by atoms with van der Waals surface area (Å²) in [4.78, 5) is 2.49. The molecule has 0 spiro atoms. The standard InChI is InChI=1S/C17H25N3/c1-2-11-20(14-17-9-5-6-10-19-17)13-16-8-4-3-7-15(16)12-18/h3-4,7-8,17,19H,2,5-6,9-11,13-14H2,1H3. The van der Waals surface area contributed by atoms with Crippen molar-refractivity contribution in [3.63, 3.8) is 0 Å². The number of rotatable bonds is 6. The Bertz CT molecular complexity index is 444. The Hall–Kier alpha value is -1.37. The van der Waals surface area contributed by atoms with E-state index in [-0.39, 0.29) is 0 Å². The molecular weight excluding hydrogens is 246 g/mol. The highest BCUT2D eigenvalue weighted by Gasteiger charge is 2.17. The van der Waals surface area contributed by atoms with Crippen molar-refractivity contribution < 1.29 is 0 Å². The van der Waals surface area contributed by atoms with Gasteiger partial charge in [-0.25, -0.2) is 0 Å². The molecule has 1 saturated heterocycles. The zero-order chi connectivity index (χ0) is 14.2. The van der Waals surface area contributed by atoms with Crippen molar-refractivity contribution in [2.45, 2.75) is 45.2 Å². The smallest absolute Gasteiger partial charge is 0.0995 e. The van der Waals surface area contributed by atoms with E-state index < -0.39 is 0 Å². The molecule has 0 radical (unpaired) electrons. The summed E-state index contributed by atoms with van der Waals surface area (Å²) in [6.07, 6.45) is 5.08. The molecule has 1 heterocycles. The van der Waals surface area contributed by atoms with Gasteiger partial charge in [0.15, 0.2) is 0 Å². The summed E-state index contributed by atoms with van der Waals surface area (Å²) in [7, 11) is 0. The Morgan fingerprint density at radius 2 is 2.20 bits per heavy atom. The molecule has 1 N–H and O–H groups in total. The summed E-state index contributed by atoms with van der Waals surface area (Å²) in [6.45, 7) is 6.44. The quantitative estimate of drug-likeness (QED) is 0.864. The van der Waals surface area contributed by atoms with Gasteiger partial charge in [0.05, 0.1) is 11.6 Å². The highest BCUT2D eigenvalue weighted by molar-refractivity contribution is 5.37. The predicted octanol–water partition coefficient (Wildman–Crippen LogP) is 2.91. The number of nitrogens with zero attached hydrogens (tertiary/aromatic N) is 2. The Kier molecular flexibility index (Phi) is 6.04. The van der Waals surface area contributed by atoms with Crippen LogP contribution in [0.2, 0.25) is 0 Å². The highest BCUT2D eigenvalue weighted by atomic mass is 15.1. The Labute approximate surface area is 122 Å². The Morgan fingerprint density at radius 1 is 1.35 bits per heavy atom. The van der Waals surface area contributed by atoms with Crippen LogP contribution in [0.5, 0.6) is 0 Å². The second-order valence-electron chi connectivity index (χ2n) is 5.65. The zero-order valence-corrected chi connectivity index (χ0v) is 12.4. The van der Waals surface area contributed by atoms with Crippen LogP contribution in [0.3, 0.4) is 0 Å². The monoisotopic (exact) mass is 271 g/mol. The third kappa shape index (κ3) is 4.33. The van der Waals surface area contributed by atoms with E-state index in [2.05, 4.69) is 29.3 Å². The number of hydrogen-bond donors (Lipinski definition) is 1. The van der Waals surface area contributed by atoms with Gasteiger partial charge in [0.25, 0.3) is 0 Å². The summed E-state index contributed by atoms with van der Waals surface area (Å²) < 4.78 is 0. The molecule has 1 atom stereocenters. The summed E-state index contributed by atoms with van der Waals surface area (Å²) in [5.41, 5.74) is 1.96. The first-order valence-corrected chi connectivity index (χ1v) is 7.77. The molecule has 1 aliphatic heterocycles. The van der Waals surface area contributed by atoms with Gasteiger partial charge in [-0.2, -0.15) is 5.26 Å². The van der Waals surface area contributed by atoms with Crippen molar-refractivity contribution in [3.05, 3.63) is 35.4 Å². The maximum atomic E-state index is 9.20. The minimum atomic E-state index is 0.615. The molecule has 0 bridgehead atoms. The average molecular weight is 271 g/mol. The summed E-state index contributed by atoms with van der Waals surface area (Å²) in [6, 6.07) is 10.9. The molecule has 1 aromatic rings. The second-order valence-corrected chi connectivity index (χ2v) is 5.65. The molecule has 1 aliphatic rings. The lowest BCUT2D eigenvalue weighted by molar-refractivity contribution is 0.217. The van der Waals surface area contributed by atoms with E-state index in [4.69, 9.17) is 0 Å². The van der Waals surface area contributed by atoms with Gasteiger partial charge in [0.2, 0.25) is 0 Å². The molecule has 1 unspecified atom stereocenters. The second kappa shape index (κ2) is 8.04. The Balaban J connectivity index is 1.99. The van der Waals surface area contributed by atoms with Crippen LogP contribution in [0, 0.1) is 11.3 Å². The molecular formula is C17H25N3. The van der Waals surface area contributed by atoms with Crippen LogP contribution in [0.4, 0.5) is 0 Å². The van der Waals surface area contributed by atoms with E-state index in [0.717, 1.165) is 43.7 Å². The molecule has 1 fully saturated rings. The van der Waals surface area contributed by atoms with Crippen molar-refractivity contribution >= 4 is 0 Å². The molecule has 0 amide bonds. The third-order valence-electron chi connectivity index (χ3n) is 3.96. The maximum absolute atomic E-state index is 9.20. The SMILES string of the molecule is CCCN(Cc1ccccc1C#N)CC1CCCCN1. The van der Waals surface area contributed by atoms with E-state index in [1.165, 1.54) is 19.3 Å². The van der Waals surface area contributed by atoms with E-state index in [9.17, 15) is 5.26 Å². The number of piperidine rings is 1. The summed E-state index contributed by atoms with van der Waals surface area (Å²) >= 11 is 0. The fourth-order valence-electron chi connectivity index (χ4n) is 2.95. The number of hydrogen-bond acceptors (Lipinski definition) is 3. The minimum Gasteiger partial charge on any atom is -0.313 e. The van der Waals surface area contributed by atoms with Crippen LogP contribution >= 0.6 is 0 Å². The number of benzene rings is 1. The molecule has 0 aromatic heterocycles. The molecule has 2 rings (SSSR count). The molecule has 3 heteroatoms. The van der Waals surface area contributed by atoms with Gasteiger partial charge in [-0.15, -0.1) is 0 Å². The molecule has 3 nitrogen and oxygen atoms in total. The molecule has 0 aliphatic carbocycles. The van der Waals surface area contributed by atoms with E-state index in [1.807, 2.05) is 18.2 Å². The topological polar surface area (TPSA) is 39.1 Å². The normalized spacial score (nSPS) is 18.9. The zero-order valence-electron chi connectivity index (χ0n) is 12.4. The third-order valence-corrected chi connectivity index (χ3v) is 3.96. The van der Waals surface area contributed by atoms with Gasteiger partial charge in [-0.05, 0) is 44.0 Å². The first-order valence-electron chi connectivity index (χ1n) is 7.77. The van der Waals surface area contributed by atoms with Crippen LogP contribution in [0.15, 0.2) is 24.3 Å². The number of nitrogens with one attached hydrogen (secondary N) is 1. The average Bonchev–Trinajstić information content (AvgIpc) is 2.49. The van der Waals surface area contributed by atoms with E-state index in [1.54, 1.807) is 0 Å². The fourth-order valence-corrected chi connectivity index (χ4v) is 2.95. The van der Waals surface area contributed by atoms with Gasteiger partial charge in [0, 0.05) is 19.1 Å². The van der Waals surface area contributed by atoms with Crippen LogP contribution in [0.1, 0.15) is 43.7 Å². The van der Waals surface area contributed by atoms with Crippen LogP contribution in [-0.2, 0) is 6.54 Å². The lowest BCUT2D eigenvalue weighted by Gasteiger charge is -2.30. The Morgan fingerprint density at radius 3 is 2.90 bits per heavy atom. The lowest BCUT2D eigenvalue weighted by atomic mass is 10.0. The van der Waals surface area contributed by atoms with E-state index in [0.29, 0.717) is 6.04 Å². The number of nitriles is 1. The summed E-state index contributed by atoms with van der Waals surface area (Å²) in [5.74, 6) is 0. The van der Waals surface area contributed by atoms with Crippen molar-refractivity contribution in [1.29, 1.82) is 5.26 Å². The molecule has 1 aromatic carbocycles. The van der Waals surface area contributed by atoms with Crippen molar-refractivity contribution in [2.24, 2.45) is 0 Å². The first-order chi connectivity index (χ1) is 9.83. The van der Waals surface area contributed by atoms with Crippen molar-refractivity contribution in [1.82, 2.24) is 10.2 Å². The lowest BCUT2D eigenvalue weighted by Crippen LogP contribution is -2.43. The van der Waals surface area contributed by atoms with Crippen LogP contribution in [0.25, 0.3) is 0 Å². The van der Waals surface area contributed by atoms with Gasteiger partial charge in [-0.3, -0.25) is 4.90 Å². The predicted molar refractivity (Wildman–Crippen MR) is 82.4 cm³/mol. The van der Waals surface area contributed by atoms with Gasteiger partial charge < -0.3 is 5.32 Å². The maximum Gasteiger partial charge on any atom is 0.0995 e. The van der Waals surface area contributed by atoms with Gasteiger partial charge in [0.1, 0.15) is 0 Å². The molecule has 20 heavy (non-hydrogen) atoms. The van der Waals surface area contributed by atoms with Crippen LogP contribution < -0.4 is 5.32 Å².